The number of ether oxygens (including phenoxy) is 1. The van der Waals surface area contributed by atoms with E-state index in [1.165, 1.54) is 4.90 Å². The number of amides is 2. The molecule has 2 aromatic rings. The maximum atomic E-state index is 12.2. The summed E-state index contributed by atoms with van der Waals surface area (Å²) in [7, 11) is 0. The lowest BCUT2D eigenvalue weighted by atomic mass is 10.2. The Morgan fingerprint density at radius 3 is 2.64 bits per heavy atom. The summed E-state index contributed by atoms with van der Waals surface area (Å²) < 4.78 is 5.51. The van der Waals surface area contributed by atoms with Crippen molar-refractivity contribution in [3.63, 3.8) is 0 Å². The standard InChI is InChI=1S/C18H23N5O2/c19-17(20)23(12-9-16-8-4-5-10-21-16)18(24)22-11-13-25-14-15-6-2-1-3-7-15/h1-8,10H,9,11-14H2,(H3,19,20)(H,22,24). The average molecular weight is 341 g/mol. The number of nitrogens with one attached hydrogen (secondary N) is 2. The highest BCUT2D eigenvalue weighted by Gasteiger charge is 2.15. The van der Waals surface area contributed by atoms with Gasteiger partial charge in [0.15, 0.2) is 5.96 Å². The quantitative estimate of drug-likeness (QED) is 0.386. The van der Waals surface area contributed by atoms with Gasteiger partial charge >= 0.3 is 6.03 Å². The highest BCUT2D eigenvalue weighted by atomic mass is 16.5. The summed E-state index contributed by atoms with van der Waals surface area (Å²) >= 11 is 0. The Balaban J connectivity index is 1.70. The summed E-state index contributed by atoms with van der Waals surface area (Å²) in [5, 5.41) is 10.3. The normalized spacial score (nSPS) is 10.2. The number of nitrogens with zero attached hydrogens (tertiary/aromatic N) is 2. The van der Waals surface area contributed by atoms with E-state index in [-0.39, 0.29) is 5.96 Å². The average Bonchev–Trinajstić information content (AvgIpc) is 2.63. The van der Waals surface area contributed by atoms with Crippen LogP contribution >= 0.6 is 0 Å². The first-order valence-electron chi connectivity index (χ1n) is 8.08. The van der Waals surface area contributed by atoms with Crippen molar-refractivity contribution in [3.8, 4) is 0 Å². The minimum absolute atomic E-state index is 0.293. The highest BCUT2D eigenvalue weighted by Crippen LogP contribution is 2.00. The minimum atomic E-state index is -0.410. The van der Waals surface area contributed by atoms with Gasteiger partial charge in [-0.1, -0.05) is 36.4 Å². The Bertz CT molecular complexity index is 664. The predicted molar refractivity (Wildman–Crippen MR) is 96.1 cm³/mol. The van der Waals surface area contributed by atoms with Crippen molar-refractivity contribution in [1.82, 2.24) is 15.2 Å². The Labute approximate surface area is 147 Å². The number of pyridine rings is 1. The van der Waals surface area contributed by atoms with Gasteiger partial charge < -0.3 is 15.8 Å². The van der Waals surface area contributed by atoms with Crippen LogP contribution in [0.25, 0.3) is 0 Å². The third-order valence-corrected chi connectivity index (χ3v) is 3.49. The largest absolute Gasteiger partial charge is 0.375 e. The molecule has 0 saturated heterocycles. The second kappa shape index (κ2) is 10.0. The Morgan fingerprint density at radius 2 is 1.96 bits per heavy atom. The first-order chi connectivity index (χ1) is 12.2. The van der Waals surface area contributed by atoms with Crippen molar-refractivity contribution in [1.29, 1.82) is 5.41 Å². The fraction of sp³-hybridized carbons (Fsp3) is 0.278. The molecular formula is C18H23N5O2. The van der Waals surface area contributed by atoms with E-state index in [9.17, 15) is 4.79 Å². The van der Waals surface area contributed by atoms with Crippen LogP contribution in [-0.2, 0) is 17.8 Å². The van der Waals surface area contributed by atoms with E-state index in [0.717, 1.165) is 11.3 Å². The van der Waals surface area contributed by atoms with Crippen LogP contribution in [0.3, 0.4) is 0 Å². The van der Waals surface area contributed by atoms with E-state index in [0.29, 0.717) is 32.7 Å². The van der Waals surface area contributed by atoms with E-state index in [4.69, 9.17) is 15.9 Å². The molecule has 7 heteroatoms. The molecule has 2 amide bonds. The smallest absolute Gasteiger partial charge is 0.324 e. The number of carbonyl (C=O) groups is 1. The maximum absolute atomic E-state index is 12.2. The minimum Gasteiger partial charge on any atom is -0.375 e. The van der Waals surface area contributed by atoms with Gasteiger partial charge in [-0.2, -0.15) is 0 Å². The first kappa shape index (κ1) is 18.4. The molecule has 0 radical (unpaired) electrons. The number of guanidine groups is 1. The van der Waals surface area contributed by atoms with E-state index < -0.39 is 6.03 Å². The monoisotopic (exact) mass is 341 g/mol. The van der Waals surface area contributed by atoms with Crippen LogP contribution in [0, 0.1) is 5.41 Å². The van der Waals surface area contributed by atoms with Gasteiger partial charge in [-0.05, 0) is 17.7 Å². The number of hydrogen-bond acceptors (Lipinski definition) is 4. The summed E-state index contributed by atoms with van der Waals surface area (Å²) in [5.41, 5.74) is 7.42. The zero-order valence-corrected chi connectivity index (χ0v) is 14.0. The molecule has 0 fully saturated rings. The number of carbonyl (C=O) groups excluding carboxylic acids is 1. The summed E-state index contributed by atoms with van der Waals surface area (Å²) in [4.78, 5) is 17.5. The zero-order valence-electron chi connectivity index (χ0n) is 14.0. The van der Waals surface area contributed by atoms with Gasteiger partial charge in [-0.3, -0.25) is 15.3 Å². The molecule has 0 aliphatic rings. The lowest BCUT2D eigenvalue weighted by molar-refractivity contribution is 0.122. The molecule has 1 aromatic carbocycles. The number of urea groups is 1. The van der Waals surface area contributed by atoms with Gasteiger partial charge in [0.05, 0.1) is 13.2 Å². The fourth-order valence-electron chi connectivity index (χ4n) is 2.19. The van der Waals surface area contributed by atoms with Crippen molar-refractivity contribution in [2.75, 3.05) is 19.7 Å². The third-order valence-electron chi connectivity index (χ3n) is 3.49. The highest BCUT2D eigenvalue weighted by molar-refractivity contribution is 5.93. The molecule has 0 unspecified atom stereocenters. The first-order valence-corrected chi connectivity index (χ1v) is 8.08. The van der Waals surface area contributed by atoms with Crippen molar-refractivity contribution in [2.45, 2.75) is 13.0 Å². The van der Waals surface area contributed by atoms with Crippen molar-refractivity contribution in [2.24, 2.45) is 5.73 Å². The van der Waals surface area contributed by atoms with Gasteiger partial charge in [0.25, 0.3) is 0 Å². The van der Waals surface area contributed by atoms with Gasteiger partial charge in [0.2, 0.25) is 0 Å². The molecular weight excluding hydrogens is 318 g/mol. The Morgan fingerprint density at radius 1 is 1.20 bits per heavy atom. The molecule has 0 spiro atoms. The van der Waals surface area contributed by atoms with Crippen molar-refractivity contribution in [3.05, 3.63) is 66.0 Å². The molecule has 0 aliphatic carbocycles. The maximum Gasteiger partial charge on any atom is 0.324 e. The second-order valence-electron chi connectivity index (χ2n) is 5.38. The van der Waals surface area contributed by atoms with E-state index in [1.807, 2.05) is 48.5 Å². The molecule has 0 aliphatic heterocycles. The third kappa shape index (κ3) is 6.60. The Hall–Kier alpha value is -2.93. The summed E-state index contributed by atoms with van der Waals surface area (Å²) in [6.45, 7) is 1.52. The van der Waals surface area contributed by atoms with Gasteiger partial charge in [-0.15, -0.1) is 0 Å². The molecule has 132 valence electrons. The van der Waals surface area contributed by atoms with Gasteiger partial charge in [0.1, 0.15) is 0 Å². The summed E-state index contributed by atoms with van der Waals surface area (Å²) in [6, 6.07) is 15.0. The number of aromatic nitrogens is 1. The lowest BCUT2D eigenvalue weighted by Crippen LogP contribution is -2.48. The van der Waals surface area contributed by atoms with Crippen LogP contribution in [0.5, 0.6) is 0 Å². The van der Waals surface area contributed by atoms with Gasteiger partial charge in [-0.25, -0.2) is 4.79 Å². The molecule has 1 aromatic heterocycles. The molecule has 0 bridgehead atoms. The zero-order chi connectivity index (χ0) is 17.9. The number of nitrogens with two attached hydrogens (primary N) is 1. The van der Waals surface area contributed by atoms with Crippen molar-refractivity contribution >= 4 is 12.0 Å². The predicted octanol–water partition coefficient (Wildman–Crippen LogP) is 1.75. The summed E-state index contributed by atoms with van der Waals surface area (Å²) in [6.07, 6.45) is 2.22. The second-order valence-corrected chi connectivity index (χ2v) is 5.38. The summed E-state index contributed by atoms with van der Waals surface area (Å²) in [5.74, 6) is -0.293. The van der Waals surface area contributed by atoms with Crippen LogP contribution < -0.4 is 11.1 Å². The Kier molecular flexibility index (Phi) is 7.40. The van der Waals surface area contributed by atoms with Crippen LogP contribution in [-0.4, -0.2) is 41.6 Å². The lowest BCUT2D eigenvalue weighted by Gasteiger charge is -2.21. The van der Waals surface area contributed by atoms with E-state index in [1.54, 1.807) is 6.20 Å². The van der Waals surface area contributed by atoms with Crippen molar-refractivity contribution < 1.29 is 9.53 Å². The molecule has 4 N–H and O–H groups in total. The molecule has 0 atom stereocenters. The molecule has 25 heavy (non-hydrogen) atoms. The number of hydrogen-bond donors (Lipinski definition) is 3. The topological polar surface area (TPSA) is 104 Å². The molecule has 1 heterocycles. The van der Waals surface area contributed by atoms with E-state index >= 15 is 0 Å². The number of benzene rings is 1. The van der Waals surface area contributed by atoms with Crippen LogP contribution in [0.15, 0.2) is 54.7 Å². The van der Waals surface area contributed by atoms with Crippen LogP contribution in [0.2, 0.25) is 0 Å². The molecule has 2 rings (SSSR count). The molecule has 7 nitrogen and oxygen atoms in total. The van der Waals surface area contributed by atoms with E-state index in [2.05, 4.69) is 10.3 Å². The molecule has 0 saturated carbocycles. The number of rotatable bonds is 8. The van der Waals surface area contributed by atoms with Gasteiger partial charge in [0, 0.05) is 31.4 Å². The van der Waals surface area contributed by atoms with Crippen LogP contribution in [0.4, 0.5) is 4.79 Å². The fourth-order valence-corrected chi connectivity index (χ4v) is 2.19. The van der Waals surface area contributed by atoms with Crippen LogP contribution in [0.1, 0.15) is 11.3 Å². The SMILES string of the molecule is N=C(N)N(CCc1ccccn1)C(=O)NCCOCc1ccccc1.